The van der Waals surface area contributed by atoms with Crippen molar-refractivity contribution in [3.05, 3.63) is 59.8 Å². The lowest BCUT2D eigenvalue weighted by atomic mass is 10.0. The zero-order valence-electron chi connectivity index (χ0n) is 18.1. The normalized spacial score (nSPS) is 14.6. The van der Waals surface area contributed by atoms with Crippen molar-refractivity contribution < 1.29 is 19.1 Å². The molecule has 0 spiro atoms. The smallest absolute Gasteiger partial charge is 0.251 e. The van der Waals surface area contributed by atoms with Gasteiger partial charge >= 0.3 is 0 Å². The van der Waals surface area contributed by atoms with Crippen molar-refractivity contribution >= 4 is 29.1 Å². The van der Waals surface area contributed by atoms with Crippen LogP contribution in [-0.4, -0.2) is 34.5 Å². The Bertz CT molecular complexity index is 1200. The minimum atomic E-state index is -0.744. The minimum Gasteiger partial charge on any atom is -0.497 e. The van der Waals surface area contributed by atoms with E-state index in [1.807, 2.05) is 31.2 Å². The van der Waals surface area contributed by atoms with Gasteiger partial charge in [0.25, 0.3) is 5.91 Å². The van der Waals surface area contributed by atoms with Gasteiger partial charge in [-0.15, -0.1) is 0 Å². The molecule has 2 amide bonds. The van der Waals surface area contributed by atoms with Gasteiger partial charge in [-0.2, -0.15) is 5.10 Å². The molecule has 1 atom stereocenters. The number of Topliss-reactive ketones (excluding diaryl/α,β-unsaturated/α-hetero) is 1. The fourth-order valence-electron chi connectivity index (χ4n) is 3.82. The summed E-state index contributed by atoms with van der Waals surface area (Å²) < 4.78 is 6.94. The average Bonchev–Trinajstić information content (AvgIpc) is 3.29. The molecule has 2 N–H and O–H groups in total. The predicted molar refractivity (Wildman–Crippen MR) is 121 cm³/mol. The van der Waals surface area contributed by atoms with Crippen LogP contribution in [-0.2, 0) is 16.0 Å². The number of hydrogen-bond acceptors (Lipinski definition) is 5. The minimum absolute atomic E-state index is 0.0460. The molecule has 2 heterocycles. The molecule has 8 nitrogen and oxygen atoms in total. The van der Waals surface area contributed by atoms with Crippen LogP contribution in [0.1, 0.15) is 42.4 Å². The molecule has 0 fully saturated rings. The summed E-state index contributed by atoms with van der Waals surface area (Å²) in [7, 11) is 1.60. The van der Waals surface area contributed by atoms with Crippen molar-refractivity contribution in [2.75, 3.05) is 17.7 Å². The molecule has 32 heavy (non-hydrogen) atoms. The van der Waals surface area contributed by atoms with E-state index >= 15 is 0 Å². The van der Waals surface area contributed by atoms with E-state index in [-0.39, 0.29) is 24.0 Å². The first-order valence-corrected chi connectivity index (χ1v) is 10.4. The molecule has 0 saturated carbocycles. The monoisotopic (exact) mass is 432 g/mol. The number of nitrogens with zero attached hydrogens (tertiary/aromatic N) is 2. The van der Waals surface area contributed by atoms with Crippen LogP contribution in [0.3, 0.4) is 0 Å². The highest BCUT2D eigenvalue weighted by Crippen LogP contribution is 2.39. The number of ketones is 1. The summed E-state index contributed by atoms with van der Waals surface area (Å²) in [6, 6.07) is 13.5. The van der Waals surface area contributed by atoms with E-state index in [4.69, 9.17) is 4.74 Å². The highest BCUT2D eigenvalue weighted by molar-refractivity contribution is 6.04. The molecule has 3 aromatic rings. The lowest BCUT2D eigenvalue weighted by molar-refractivity contribution is -0.123. The molecule has 4 rings (SSSR count). The molecule has 0 radical (unpaired) electrons. The van der Waals surface area contributed by atoms with Crippen molar-refractivity contribution in [1.82, 2.24) is 9.78 Å². The Kier molecular flexibility index (Phi) is 5.77. The number of carbonyl (C=O) groups excluding carboxylic acids is 3. The maximum atomic E-state index is 12.7. The van der Waals surface area contributed by atoms with Crippen molar-refractivity contribution in [1.29, 1.82) is 0 Å². The molecule has 0 aliphatic carbocycles. The van der Waals surface area contributed by atoms with Crippen LogP contribution in [0.5, 0.6) is 5.75 Å². The quantitative estimate of drug-likeness (QED) is 0.552. The number of anilines is 2. The van der Waals surface area contributed by atoms with Gasteiger partial charge < -0.3 is 15.4 Å². The maximum absolute atomic E-state index is 12.7. The van der Waals surface area contributed by atoms with Crippen LogP contribution >= 0.6 is 0 Å². The zero-order valence-corrected chi connectivity index (χ0v) is 18.1. The van der Waals surface area contributed by atoms with E-state index in [1.54, 1.807) is 36.1 Å². The Labute approximate surface area is 185 Å². The average molecular weight is 432 g/mol. The Hall–Kier alpha value is -3.94. The predicted octanol–water partition coefficient (Wildman–Crippen LogP) is 3.85. The number of aryl methyl sites for hydroxylation is 1. The van der Waals surface area contributed by atoms with Gasteiger partial charge in [0, 0.05) is 16.8 Å². The first-order chi connectivity index (χ1) is 15.4. The first-order valence-electron chi connectivity index (χ1n) is 10.4. The summed E-state index contributed by atoms with van der Waals surface area (Å²) >= 11 is 0. The summed E-state index contributed by atoms with van der Waals surface area (Å²) in [5.74, 6) is 0.658. The number of fused-ring (bicyclic) bond motifs is 1. The van der Waals surface area contributed by atoms with E-state index in [0.717, 1.165) is 16.8 Å². The second-order valence-corrected chi connectivity index (χ2v) is 7.59. The van der Waals surface area contributed by atoms with Crippen LogP contribution in [0.2, 0.25) is 0 Å². The SMILES string of the molecule is CCc1nn2c(c1-c1cccc(OC)c1)NC(=O)C2CC(=O)Nc1ccc(C(C)=O)cc1. The van der Waals surface area contributed by atoms with Crippen molar-refractivity contribution in [2.24, 2.45) is 0 Å². The van der Waals surface area contributed by atoms with Gasteiger partial charge in [0.15, 0.2) is 5.78 Å². The van der Waals surface area contributed by atoms with Gasteiger partial charge in [0.2, 0.25) is 5.91 Å². The molecule has 1 unspecified atom stereocenters. The largest absolute Gasteiger partial charge is 0.497 e. The molecule has 1 aliphatic heterocycles. The maximum Gasteiger partial charge on any atom is 0.251 e. The lowest BCUT2D eigenvalue weighted by Crippen LogP contribution is -2.24. The number of carbonyl (C=O) groups is 3. The van der Waals surface area contributed by atoms with Gasteiger partial charge in [-0.3, -0.25) is 14.4 Å². The number of nitrogens with one attached hydrogen (secondary N) is 2. The van der Waals surface area contributed by atoms with E-state index in [2.05, 4.69) is 15.7 Å². The zero-order chi connectivity index (χ0) is 22.8. The molecular weight excluding hydrogens is 408 g/mol. The Balaban J connectivity index is 1.57. The second kappa shape index (κ2) is 8.66. The lowest BCUT2D eigenvalue weighted by Gasteiger charge is -2.10. The van der Waals surface area contributed by atoms with Crippen LogP contribution in [0.15, 0.2) is 48.5 Å². The van der Waals surface area contributed by atoms with Crippen molar-refractivity contribution in [2.45, 2.75) is 32.7 Å². The number of aromatic nitrogens is 2. The molecule has 8 heteroatoms. The number of ether oxygens (including phenoxy) is 1. The summed E-state index contributed by atoms with van der Waals surface area (Å²) in [4.78, 5) is 36.7. The first kappa shape index (κ1) is 21.3. The van der Waals surface area contributed by atoms with Crippen molar-refractivity contribution in [3.8, 4) is 16.9 Å². The molecule has 1 aromatic heterocycles. The highest BCUT2D eigenvalue weighted by atomic mass is 16.5. The summed E-state index contributed by atoms with van der Waals surface area (Å²) in [5, 5.41) is 10.3. The molecule has 164 valence electrons. The number of methoxy groups -OCH3 is 1. The van der Waals surface area contributed by atoms with Crippen LogP contribution < -0.4 is 15.4 Å². The highest BCUT2D eigenvalue weighted by Gasteiger charge is 2.36. The van der Waals surface area contributed by atoms with Gasteiger partial charge in [-0.25, -0.2) is 4.68 Å². The topological polar surface area (TPSA) is 102 Å². The third-order valence-electron chi connectivity index (χ3n) is 5.47. The van der Waals surface area contributed by atoms with Crippen molar-refractivity contribution in [3.63, 3.8) is 0 Å². The van der Waals surface area contributed by atoms with Gasteiger partial charge in [0.1, 0.15) is 17.6 Å². The third-order valence-corrected chi connectivity index (χ3v) is 5.47. The number of amides is 2. The van der Waals surface area contributed by atoms with Gasteiger partial charge in [-0.1, -0.05) is 19.1 Å². The Morgan fingerprint density at radius 3 is 2.59 bits per heavy atom. The van der Waals surface area contributed by atoms with Crippen LogP contribution in [0.4, 0.5) is 11.5 Å². The fourth-order valence-corrected chi connectivity index (χ4v) is 3.82. The number of rotatable bonds is 7. The van der Waals surface area contributed by atoms with E-state index in [1.165, 1.54) is 6.92 Å². The van der Waals surface area contributed by atoms with Crippen LogP contribution in [0, 0.1) is 0 Å². The van der Waals surface area contributed by atoms with E-state index in [0.29, 0.717) is 29.2 Å². The standard InChI is InChI=1S/C24H24N4O4/c1-4-19-22(16-6-5-7-18(12-16)32-3)23-26-24(31)20(28(23)27-19)13-21(30)25-17-10-8-15(9-11-17)14(2)29/h5-12,20H,4,13H2,1-3H3,(H,25,30)(H,26,31). The second-order valence-electron chi connectivity index (χ2n) is 7.59. The summed E-state index contributed by atoms with van der Waals surface area (Å²) in [6.07, 6.45) is 0.611. The molecular formula is C24H24N4O4. The van der Waals surface area contributed by atoms with E-state index < -0.39 is 6.04 Å². The summed E-state index contributed by atoms with van der Waals surface area (Å²) in [6.45, 7) is 3.48. The molecule has 0 bridgehead atoms. The molecule has 2 aromatic carbocycles. The molecule has 0 saturated heterocycles. The third kappa shape index (κ3) is 3.99. The van der Waals surface area contributed by atoms with E-state index in [9.17, 15) is 14.4 Å². The Morgan fingerprint density at radius 1 is 1.19 bits per heavy atom. The number of benzene rings is 2. The van der Waals surface area contributed by atoms with Gasteiger partial charge in [0.05, 0.1) is 19.2 Å². The van der Waals surface area contributed by atoms with Gasteiger partial charge in [-0.05, 0) is 55.3 Å². The van der Waals surface area contributed by atoms with Crippen LogP contribution in [0.25, 0.3) is 11.1 Å². The summed E-state index contributed by atoms with van der Waals surface area (Å²) in [5.41, 5.74) is 3.68. The Morgan fingerprint density at radius 2 is 1.94 bits per heavy atom. The fraction of sp³-hybridized carbons (Fsp3) is 0.250. The number of hydrogen-bond donors (Lipinski definition) is 2. The molecule has 1 aliphatic rings.